The van der Waals surface area contributed by atoms with Crippen LogP contribution in [0, 0.1) is 23.5 Å². The Bertz CT molecular complexity index is 2330. The number of benzene rings is 4. The third-order valence-corrected chi connectivity index (χ3v) is 12.8. The van der Waals surface area contributed by atoms with Crippen molar-refractivity contribution in [3.63, 3.8) is 0 Å². The lowest BCUT2D eigenvalue weighted by atomic mass is 9.92. The molecule has 3 heterocycles. The number of halogens is 5. The summed E-state index contributed by atoms with van der Waals surface area (Å²) in [4.78, 5) is 36.1. The van der Waals surface area contributed by atoms with E-state index in [0.717, 1.165) is 79.1 Å². The molecule has 3 aliphatic heterocycles. The summed E-state index contributed by atoms with van der Waals surface area (Å²) in [5.74, 6) is 5.67. The van der Waals surface area contributed by atoms with Crippen molar-refractivity contribution in [1.82, 2.24) is 24.5 Å². The van der Waals surface area contributed by atoms with Gasteiger partial charge in [0.05, 0.1) is 0 Å². The summed E-state index contributed by atoms with van der Waals surface area (Å²) in [6.45, 7) is 11.6. The molecule has 2 amide bonds. The average molecular weight is 962 g/mol. The number of piperazine rings is 2. The Hall–Kier alpha value is -4.38. The van der Waals surface area contributed by atoms with E-state index in [4.69, 9.17) is 23.2 Å². The number of likely N-dealkylation sites (tertiary alicyclic amines) is 1. The molecular weight excluding hydrogens is 907 g/mol. The zero-order chi connectivity index (χ0) is 45.1. The first-order valence-electron chi connectivity index (χ1n) is 21.2. The molecule has 4 aromatic rings. The highest BCUT2D eigenvalue weighted by atomic mass is 79.9. The largest absolute Gasteiger partial charge is 0.377 e. The van der Waals surface area contributed by atoms with Crippen molar-refractivity contribution >= 4 is 63.1 Å². The van der Waals surface area contributed by atoms with Gasteiger partial charge in [-0.1, -0.05) is 87.4 Å². The van der Waals surface area contributed by atoms with Gasteiger partial charge in [0.15, 0.2) is 0 Å². The molecule has 0 unspecified atom stereocenters. The number of aliphatic hydroxyl groups is 1. The van der Waals surface area contributed by atoms with E-state index in [1.54, 1.807) is 54.6 Å². The first kappa shape index (κ1) is 48.1. The molecule has 0 aliphatic carbocycles. The lowest BCUT2D eigenvalue weighted by Gasteiger charge is -2.39. The molecule has 3 aliphatic rings. The van der Waals surface area contributed by atoms with Gasteiger partial charge in [-0.05, 0) is 104 Å². The minimum absolute atomic E-state index is 0.00535. The van der Waals surface area contributed by atoms with Gasteiger partial charge in [-0.25, -0.2) is 8.78 Å². The maximum Gasteiger partial charge on any atom is 0.246 e. The minimum atomic E-state index is -1.01. The summed E-state index contributed by atoms with van der Waals surface area (Å²) in [7, 11) is 2.04. The first-order valence-corrected chi connectivity index (χ1v) is 22.8. The van der Waals surface area contributed by atoms with Gasteiger partial charge >= 0.3 is 0 Å². The fraction of sp³-hybridized carbons (Fsp3) is 0.360. The van der Waals surface area contributed by atoms with E-state index in [9.17, 15) is 23.5 Å². The number of carbonyl (C=O) groups excluding carboxylic acids is 2. The predicted octanol–water partition coefficient (Wildman–Crippen LogP) is 9.02. The second-order valence-corrected chi connectivity index (χ2v) is 18.4. The second kappa shape index (κ2) is 22.5. The van der Waals surface area contributed by atoms with Gasteiger partial charge in [0.2, 0.25) is 11.8 Å². The van der Waals surface area contributed by atoms with Crippen molar-refractivity contribution < 1.29 is 23.5 Å². The summed E-state index contributed by atoms with van der Waals surface area (Å²) < 4.78 is 27.1. The fourth-order valence-corrected chi connectivity index (χ4v) is 8.92. The standard InChI is InChI=1S/C29H33ClFN3O2.C21H21BrClFN2O/c1-22-20-33(21-23-3-8-27(31)9-4-23)17-18-34(22)28(35)10-6-24-5-7-26(30)19-25(24)11-12-29(36)13-15-32(2)16-14-29;1-15-13-25(14-16-2-7-19(24)8-3-16)10-11-26(15)21(27)9-5-17-4-6-18(23)12-20(17)22/h3-10,19,22,36H,13-18,20-21H2,1-2H3;2-9,12,15H,10-11,13-14H2,1H3/b10-6+;9-5+/t22-;15-/m11/s1. The van der Waals surface area contributed by atoms with Crippen molar-refractivity contribution in [2.45, 2.75) is 57.5 Å². The van der Waals surface area contributed by atoms with E-state index in [1.807, 2.05) is 54.1 Å². The number of hydrogen-bond acceptors (Lipinski definition) is 6. The Balaban J connectivity index is 0.000000219. The maximum absolute atomic E-state index is 13.2. The number of nitrogens with zero attached hydrogens (tertiary/aromatic N) is 5. The summed E-state index contributed by atoms with van der Waals surface area (Å²) >= 11 is 15.6. The van der Waals surface area contributed by atoms with E-state index < -0.39 is 5.60 Å². The summed E-state index contributed by atoms with van der Waals surface area (Å²) in [5.41, 5.74) is 3.53. The summed E-state index contributed by atoms with van der Waals surface area (Å²) in [5, 5.41) is 12.0. The Morgan fingerprint density at radius 2 is 1.17 bits per heavy atom. The fourth-order valence-electron chi connectivity index (χ4n) is 7.93. The van der Waals surface area contributed by atoms with Crippen LogP contribution in [0.3, 0.4) is 0 Å². The van der Waals surface area contributed by atoms with Crippen LogP contribution in [0.1, 0.15) is 54.5 Å². The topological polar surface area (TPSA) is 70.6 Å². The average Bonchev–Trinajstić information content (AvgIpc) is 3.25. The van der Waals surface area contributed by atoms with Crippen LogP contribution in [0.4, 0.5) is 8.78 Å². The van der Waals surface area contributed by atoms with E-state index in [0.29, 0.717) is 41.5 Å². The molecule has 0 radical (unpaired) electrons. The third kappa shape index (κ3) is 14.3. The molecular formula is C50H54BrCl2F2N5O3. The molecule has 7 rings (SSSR count). The van der Waals surface area contributed by atoms with Gasteiger partial charge in [0.1, 0.15) is 17.2 Å². The number of rotatable bonds is 8. The van der Waals surface area contributed by atoms with E-state index in [1.165, 1.54) is 24.3 Å². The molecule has 0 bridgehead atoms. The Morgan fingerprint density at radius 3 is 1.65 bits per heavy atom. The zero-order valence-corrected chi connectivity index (χ0v) is 39.0. The van der Waals surface area contributed by atoms with Crippen LogP contribution in [0.15, 0.2) is 102 Å². The molecule has 0 spiro atoms. The molecule has 63 heavy (non-hydrogen) atoms. The molecule has 4 aromatic carbocycles. The van der Waals surface area contributed by atoms with Crippen LogP contribution in [-0.4, -0.2) is 119 Å². The molecule has 0 aromatic heterocycles. The molecule has 1 N–H and O–H groups in total. The number of carbonyl (C=O) groups is 2. The van der Waals surface area contributed by atoms with Crippen LogP contribution in [0.25, 0.3) is 12.2 Å². The van der Waals surface area contributed by atoms with Crippen LogP contribution >= 0.6 is 39.1 Å². The highest BCUT2D eigenvalue weighted by molar-refractivity contribution is 9.10. The third-order valence-electron chi connectivity index (χ3n) is 11.7. The van der Waals surface area contributed by atoms with Crippen molar-refractivity contribution in [3.8, 4) is 11.8 Å². The van der Waals surface area contributed by atoms with Crippen LogP contribution in [0.5, 0.6) is 0 Å². The zero-order valence-electron chi connectivity index (χ0n) is 35.9. The highest BCUT2D eigenvalue weighted by Crippen LogP contribution is 2.25. The van der Waals surface area contributed by atoms with Crippen LogP contribution in [-0.2, 0) is 22.7 Å². The lowest BCUT2D eigenvalue weighted by molar-refractivity contribution is -0.131. The van der Waals surface area contributed by atoms with Crippen LogP contribution in [0.2, 0.25) is 10.0 Å². The molecule has 332 valence electrons. The Labute approximate surface area is 388 Å². The smallest absolute Gasteiger partial charge is 0.246 e. The maximum atomic E-state index is 13.2. The second-order valence-electron chi connectivity index (χ2n) is 16.6. The monoisotopic (exact) mass is 959 g/mol. The van der Waals surface area contributed by atoms with Crippen LogP contribution < -0.4 is 0 Å². The van der Waals surface area contributed by atoms with E-state index in [-0.39, 0.29) is 35.5 Å². The van der Waals surface area contributed by atoms with Crippen molar-refractivity contribution in [1.29, 1.82) is 0 Å². The van der Waals surface area contributed by atoms with Crippen molar-refractivity contribution in [3.05, 3.63) is 151 Å². The summed E-state index contributed by atoms with van der Waals surface area (Å²) in [6.07, 6.45) is 7.99. The van der Waals surface area contributed by atoms with E-state index >= 15 is 0 Å². The van der Waals surface area contributed by atoms with Gasteiger partial charge in [0, 0.05) is 123 Å². The normalized spacial score (nSPS) is 19.7. The Kier molecular flexibility index (Phi) is 17.2. The number of hydrogen-bond donors (Lipinski definition) is 1. The molecule has 13 heteroatoms. The van der Waals surface area contributed by atoms with Gasteiger partial charge in [0.25, 0.3) is 0 Å². The van der Waals surface area contributed by atoms with Gasteiger partial charge in [-0.15, -0.1) is 0 Å². The van der Waals surface area contributed by atoms with Crippen molar-refractivity contribution in [2.24, 2.45) is 0 Å². The number of amides is 2. The molecule has 0 saturated carbocycles. The molecule has 2 atom stereocenters. The lowest BCUT2D eigenvalue weighted by Crippen LogP contribution is -2.53. The van der Waals surface area contributed by atoms with E-state index in [2.05, 4.69) is 49.4 Å². The SMILES string of the molecule is C[C@@H]1CN(Cc2ccc(F)cc2)CCN1C(=O)/C=C/c1ccc(Cl)cc1Br.C[C@@H]1CN(Cc2ccc(F)cc2)CCN1C(=O)/C=C/c1ccc(Cl)cc1C#CC1(O)CCN(C)CC1. The number of piperidine rings is 1. The Morgan fingerprint density at radius 1 is 0.714 bits per heavy atom. The molecule has 8 nitrogen and oxygen atoms in total. The minimum Gasteiger partial charge on any atom is -0.377 e. The van der Waals surface area contributed by atoms with Gasteiger partial charge in [-0.2, -0.15) is 0 Å². The van der Waals surface area contributed by atoms with Gasteiger partial charge in [-0.3, -0.25) is 19.4 Å². The first-order chi connectivity index (χ1) is 30.1. The summed E-state index contributed by atoms with van der Waals surface area (Å²) in [6, 6.07) is 24.2. The van der Waals surface area contributed by atoms with Crippen molar-refractivity contribution in [2.75, 3.05) is 59.4 Å². The molecule has 3 fully saturated rings. The highest BCUT2D eigenvalue weighted by Gasteiger charge is 2.30. The van der Waals surface area contributed by atoms with Gasteiger partial charge < -0.3 is 19.8 Å². The predicted molar refractivity (Wildman–Crippen MR) is 253 cm³/mol. The molecule has 3 saturated heterocycles. The quantitative estimate of drug-likeness (QED) is 0.141.